The smallest absolute Gasteiger partial charge is 0.315 e. The van der Waals surface area contributed by atoms with Gasteiger partial charge in [0, 0.05) is 32.2 Å². The van der Waals surface area contributed by atoms with E-state index in [2.05, 4.69) is 53.6 Å². The van der Waals surface area contributed by atoms with Crippen LogP contribution in [-0.2, 0) is 17.8 Å². The van der Waals surface area contributed by atoms with E-state index in [9.17, 15) is 4.79 Å². The summed E-state index contributed by atoms with van der Waals surface area (Å²) in [7, 11) is 0. The molecular formula is C22H33N3O2. The van der Waals surface area contributed by atoms with Crippen LogP contribution in [0, 0.1) is 11.8 Å². The monoisotopic (exact) mass is 371 g/mol. The van der Waals surface area contributed by atoms with Gasteiger partial charge in [-0.3, -0.25) is 4.90 Å². The van der Waals surface area contributed by atoms with Crippen LogP contribution in [0.1, 0.15) is 50.7 Å². The Morgan fingerprint density at radius 2 is 1.67 bits per heavy atom. The van der Waals surface area contributed by atoms with Gasteiger partial charge in [-0.05, 0) is 62.5 Å². The van der Waals surface area contributed by atoms with Crippen molar-refractivity contribution in [2.24, 2.45) is 11.8 Å². The standard InChI is InChI=1S/C22H33N3O2/c1-15-12-25(13-16(2)27-15)14-20-6-4-3-5-19(20)11-23-22(26)24-21(17-7-8-17)18-9-10-18/h3-6,15-18,21H,7-14H2,1-2H3,(H2,23,24,26). The fourth-order valence-corrected chi connectivity index (χ4v) is 4.45. The van der Waals surface area contributed by atoms with Crippen molar-refractivity contribution in [3.8, 4) is 0 Å². The average molecular weight is 372 g/mol. The third kappa shape index (κ3) is 5.23. The number of nitrogens with one attached hydrogen (secondary N) is 2. The molecule has 27 heavy (non-hydrogen) atoms. The molecule has 2 atom stereocenters. The maximum Gasteiger partial charge on any atom is 0.315 e. The van der Waals surface area contributed by atoms with Crippen LogP contribution in [0.2, 0.25) is 0 Å². The van der Waals surface area contributed by atoms with Gasteiger partial charge in [0.25, 0.3) is 0 Å². The van der Waals surface area contributed by atoms with Gasteiger partial charge >= 0.3 is 6.03 Å². The predicted octanol–water partition coefficient (Wildman–Crippen LogP) is 3.28. The third-order valence-corrected chi connectivity index (χ3v) is 6.00. The van der Waals surface area contributed by atoms with Gasteiger partial charge in [-0.2, -0.15) is 0 Å². The van der Waals surface area contributed by atoms with Gasteiger partial charge in [0.15, 0.2) is 0 Å². The molecule has 0 bridgehead atoms. The molecule has 3 aliphatic rings. The quantitative estimate of drug-likeness (QED) is 0.773. The molecule has 1 saturated heterocycles. The molecule has 2 aliphatic carbocycles. The molecule has 0 radical (unpaired) electrons. The van der Waals surface area contributed by atoms with E-state index < -0.39 is 0 Å². The predicted molar refractivity (Wildman–Crippen MR) is 106 cm³/mol. The number of urea groups is 1. The first kappa shape index (κ1) is 18.8. The second kappa shape index (κ2) is 8.19. The van der Waals surface area contributed by atoms with Crippen LogP contribution in [0.4, 0.5) is 4.79 Å². The Morgan fingerprint density at radius 3 is 2.26 bits per heavy atom. The first-order valence-electron chi connectivity index (χ1n) is 10.6. The van der Waals surface area contributed by atoms with Gasteiger partial charge in [-0.1, -0.05) is 24.3 Å². The molecule has 2 saturated carbocycles. The van der Waals surface area contributed by atoms with Gasteiger partial charge in [0.05, 0.1) is 12.2 Å². The number of benzene rings is 1. The zero-order valence-corrected chi connectivity index (χ0v) is 16.6. The number of rotatable bonds is 7. The first-order valence-corrected chi connectivity index (χ1v) is 10.6. The van der Waals surface area contributed by atoms with E-state index in [1.54, 1.807) is 0 Å². The topological polar surface area (TPSA) is 53.6 Å². The highest BCUT2D eigenvalue weighted by Crippen LogP contribution is 2.44. The minimum absolute atomic E-state index is 0.0118. The zero-order valence-electron chi connectivity index (χ0n) is 16.6. The summed E-state index contributed by atoms with van der Waals surface area (Å²) in [4.78, 5) is 14.9. The van der Waals surface area contributed by atoms with Crippen LogP contribution in [0.25, 0.3) is 0 Å². The SMILES string of the molecule is CC1CN(Cc2ccccc2CNC(=O)NC(C2CC2)C2CC2)CC(C)O1. The average Bonchev–Trinajstić information content (AvgIpc) is 3.52. The van der Waals surface area contributed by atoms with Crippen molar-refractivity contribution in [3.05, 3.63) is 35.4 Å². The summed E-state index contributed by atoms with van der Waals surface area (Å²) < 4.78 is 5.84. The van der Waals surface area contributed by atoms with Crippen molar-refractivity contribution in [1.82, 2.24) is 15.5 Å². The number of ether oxygens (including phenoxy) is 1. The van der Waals surface area contributed by atoms with Crippen LogP contribution in [0.3, 0.4) is 0 Å². The molecule has 148 valence electrons. The van der Waals surface area contributed by atoms with Crippen LogP contribution in [-0.4, -0.2) is 42.3 Å². The minimum Gasteiger partial charge on any atom is -0.373 e. The van der Waals surface area contributed by atoms with Gasteiger partial charge < -0.3 is 15.4 Å². The van der Waals surface area contributed by atoms with E-state index in [1.807, 2.05) is 0 Å². The lowest BCUT2D eigenvalue weighted by atomic mass is 10.1. The van der Waals surface area contributed by atoms with Gasteiger partial charge in [0.2, 0.25) is 0 Å². The fourth-order valence-electron chi connectivity index (χ4n) is 4.45. The van der Waals surface area contributed by atoms with Crippen molar-refractivity contribution in [3.63, 3.8) is 0 Å². The molecule has 3 fully saturated rings. The van der Waals surface area contributed by atoms with Crippen LogP contribution < -0.4 is 10.6 Å². The molecule has 2 N–H and O–H groups in total. The number of carbonyl (C=O) groups is 1. The molecule has 2 unspecified atom stereocenters. The molecule has 0 aromatic heterocycles. The Bertz CT molecular complexity index is 635. The van der Waals surface area contributed by atoms with Crippen LogP contribution in [0.5, 0.6) is 0 Å². The van der Waals surface area contributed by atoms with Crippen molar-refractivity contribution >= 4 is 6.03 Å². The lowest BCUT2D eigenvalue weighted by Crippen LogP contribution is -2.45. The first-order chi connectivity index (χ1) is 13.1. The molecule has 1 heterocycles. The Kier molecular flexibility index (Phi) is 5.69. The Morgan fingerprint density at radius 1 is 1.07 bits per heavy atom. The maximum atomic E-state index is 12.4. The lowest BCUT2D eigenvalue weighted by Gasteiger charge is -2.35. The Labute approximate surface area is 162 Å². The van der Waals surface area contributed by atoms with E-state index >= 15 is 0 Å². The largest absolute Gasteiger partial charge is 0.373 e. The second-order valence-corrected chi connectivity index (χ2v) is 8.75. The van der Waals surface area contributed by atoms with Crippen molar-refractivity contribution in [2.45, 2.75) is 70.9 Å². The van der Waals surface area contributed by atoms with E-state index in [0.717, 1.165) is 31.5 Å². The third-order valence-electron chi connectivity index (χ3n) is 6.00. The van der Waals surface area contributed by atoms with E-state index in [4.69, 9.17) is 4.74 Å². The summed E-state index contributed by atoms with van der Waals surface area (Å²) in [6.07, 6.45) is 5.65. The summed E-state index contributed by atoms with van der Waals surface area (Å²) in [6.45, 7) is 7.67. The van der Waals surface area contributed by atoms with Crippen molar-refractivity contribution in [1.29, 1.82) is 0 Å². The summed E-state index contributed by atoms with van der Waals surface area (Å²) >= 11 is 0. The molecule has 1 aromatic carbocycles. The maximum absolute atomic E-state index is 12.4. The van der Waals surface area contributed by atoms with E-state index in [1.165, 1.54) is 36.8 Å². The minimum atomic E-state index is -0.0118. The van der Waals surface area contributed by atoms with Crippen molar-refractivity contribution < 1.29 is 9.53 Å². The number of hydrogen-bond acceptors (Lipinski definition) is 3. The Hall–Kier alpha value is -1.59. The number of amides is 2. The van der Waals surface area contributed by atoms with E-state index in [-0.39, 0.29) is 18.2 Å². The normalized spacial score (nSPS) is 26.2. The van der Waals surface area contributed by atoms with Crippen LogP contribution in [0.15, 0.2) is 24.3 Å². The highest BCUT2D eigenvalue weighted by atomic mass is 16.5. The zero-order chi connectivity index (χ0) is 18.8. The molecule has 4 rings (SSSR count). The van der Waals surface area contributed by atoms with Gasteiger partial charge in [-0.25, -0.2) is 4.79 Å². The number of carbonyl (C=O) groups excluding carboxylic acids is 1. The summed E-state index contributed by atoms with van der Waals surface area (Å²) in [6, 6.07) is 8.83. The van der Waals surface area contributed by atoms with Crippen molar-refractivity contribution in [2.75, 3.05) is 13.1 Å². The summed E-state index contributed by atoms with van der Waals surface area (Å²) in [5.41, 5.74) is 2.49. The second-order valence-electron chi connectivity index (χ2n) is 8.75. The Balaban J connectivity index is 1.31. The fraction of sp³-hybridized carbons (Fsp3) is 0.682. The molecule has 5 heteroatoms. The molecule has 0 spiro atoms. The molecular weight excluding hydrogens is 338 g/mol. The lowest BCUT2D eigenvalue weighted by molar-refractivity contribution is -0.0705. The molecule has 5 nitrogen and oxygen atoms in total. The molecule has 1 aromatic rings. The van der Waals surface area contributed by atoms with Gasteiger partial charge in [0.1, 0.15) is 0 Å². The van der Waals surface area contributed by atoms with Gasteiger partial charge in [-0.15, -0.1) is 0 Å². The number of nitrogens with zero attached hydrogens (tertiary/aromatic N) is 1. The van der Waals surface area contributed by atoms with Crippen LogP contribution >= 0.6 is 0 Å². The number of morpholine rings is 1. The summed E-state index contributed by atoms with van der Waals surface area (Å²) in [5.74, 6) is 1.45. The molecule has 1 aliphatic heterocycles. The van der Waals surface area contributed by atoms with E-state index in [0.29, 0.717) is 12.6 Å². The highest BCUT2D eigenvalue weighted by molar-refractivity contribution is 5.74. The molecule has 2 amide bonds. The number of hydrogen-bond donors (Lipinski definition) is 2. The summed E-state index contributed by atoms with van der Waals surface area (Å²) in [5, 5.41) is 6.34. The highest BCUT2D eigenvalue weighted by Gasteiger charge is 2.42.